The van der Waals surface area contributed by atoms with Gasteiger partial charge in [0.25, 0.3) is 11.6 Å². The molecule has 0 radical (unpaired) electrons. The van der Waals surface area contributed by atoms with E-state index in [1.165, 1.54) is 12.1 Å². The number of hydrogen-bond donors (Lipinski definition) is 2. The molecule has 0 spiro atoms. The van der Waals surface area contributed by atoms with Gasteiger partial charge in [-0.2, -0.15) is 0 Å². The molecule has 0 saturated carbocycles. The van der Waals surface area contributed by atoms with Gasteiger partial charge in [0.15, 0.2) is 0 Å². The van der Waals surface area contributed by atoms with Crippen LogP contribution >= 0.6 is 22.6 Å². The Morgan fingerprint density at radius 2 is 1.86 bits per heavy atom. The second kappa shape index (κ2) is 6.53. The number of nitro groups is 1. The molecule has 2 aromatic carbocycles. The van der Waals surface area contributed by atoms with Gasteiger partial charge in [-0.1, -0.05) is 6.07 Å². The number of para-hydroxylation sites is 1. The first-order valence-electron chi connectivity index (χ1n) is 6.05. The number of anilines is 2. The molecule has 0 bridgehead atoms. The lowest BCUT2D eigenvalue weighted by molar-refractivity contribution is -0.384. The number of nitrogens with zero attached hydrogens (tertiary/aromatic N) is 1. The molecule has 1 amide bonds. The smallest absolute Gasteiger partial charge is 0.293 e. The monoisotopic (exact) mass is 397 g/mol. The summed E-state index contributed by atoms with van der Waals surface area (Å²) < 4.78 is 1.05. The third kappa shape index (κ3) is 3.48. The number of nitrogens with one attached hydrogen (secondary N) is 2. The van der Waals surface area contributed by atoms with Crippen molar-refractivity contribution in [3.8, 4) is 0 Å². The summed E-state index contributed by atoms with van der Waals surface area (Å²) in [6.07, 6.45) is 0. The molecule has 0 saturated heterocycles. The van der Waals surface area contributed by atoms with Crippen LogP contribution in [0.5, 0.6) is 0 Å². The van der Waals surface area contributed by atoms with E-state index in [4.69, 9.17) is 0 Å². The Bertz CT molecular complexity index is 686. The van der Waals surface area contributed by atoms with E-state index in [0.717, 1.165) is 3.57 Å². The van der Waals surface area contributed by atoms with Crippen LogP contribution in [0.3, 0.4) is 0 Å². The van der Waals surface area contributed by atoms with Crippen molar-refractivity contribution in [2.24, 2.45) is 0 Å². The first-order valence-corrected chi connectivity index (χ1v) is 7.13. The summed E-state index contributed by atoms with van der Waals surface area (Å²) in [5, 5.41) is 16.4. The zero-order valence-electron chi connectivity index (χ0n) is 11.1. The van der Waals surface area contributed by atoms with Gasteiger partial charge in [0.1, 0.15) is 5.69 Å². The van der Waals surface area contributed by atoms with E-state index in [-0.39, 0.29) is 16.9 Å². The standard InChI is InChI=1S/C14H12IN3O3/c1-16-13-11(3-2-4-12(13)18(20)21)14(19)17-10-7-5-9(15)6-8-10/h2-8,16H,1H3,(H,17,19). The molecule has 0 unspecified atom stereocenters. The van der Waals surface area contributed by atoms with Crippen molar-refractivity contribution in [3.05, 3.63) is 61.7 Å². The highest BCUT2D eigenvalue weighted by atomic mass is 127. The highest BCUT2D eigenvalue weighted by molar-refractivity contribution is 14.1. The van der Waals surface area contributed by atoms with Gasteiger partial charge in [0.2, 0.25) is 0 Å². The SMILES string of the molecule is CNc1c(C(=O)Nc2ccc(I)cc2)cccc1[N+](=O)[O-]. The lowest BCUT2D eigenvalue weighted by Crippen LogP contribution is -2.14. The Hall–Kier alpha value is -2.16. The number of rotatable bonds is 4. The Kier molecular flexibility index (Phi) is 4.73. The van der Waals surface area contributed by atoms with Crippen LogP contribution in [0.2, 0.25) is 0 Å². The van der Waals surface area contributed by atoms with E-state index < -0.39 is 10.8 Å². The minimum absolute atomic E-state index is 0.132. The number of carbonyl (C=O) groups is 1. The molecule has 0 aliphatic carbocycles. The van der Waals surface area contributed by atoms with Crippen molar-refractivity contribution in [1.29, 1.82) is 0 Å². The van der Waals surface area contributed by atoms with Crippen molar-refractivity contribution < 1.29 is 9.72 Å². The molecule has 0 atom stereocenters. The summed E-state index contributed by atoms with van der Waals surface area (Å²) in [6.45, 7) is 0. The van der Waals surface area contributed by atoms with Gasteiger partial charge in [-0.25, -0.2) is 0 Å². The number of benzene rings is 2. The van der Waals surface area contributed by atoms with Crippen LogP contribution < -0.4 is 10.6 Å². The largest absolute Gasteiger partial charge is 0.382 e. The maximum atomic E-state index is 12.3. The highest BCUT2D eigenvalue weighted by Crippen LogP contribution is 2.28. The van der Waals surface area contributed by atoms with E-state index in [0.29, 0.717) is 5.69 Å². The first-order chi connectivity index (χ1) is 10.0. The third-order valence-corrected chi connectivity index (χ3v) is 3.56. The number of halogens is 1. The van der Waals surface area contributed by atoms with Crippen molar-refractivity contribution in [2.75, 3.05) is 17.7 Å². The van der Waals surface area contributed by atoms with Crippen LogP contribution in [-0.2, 0) is 0 Å². The molecule has 0 aromatic heterocycles. The summed E-state index contributed by atoms with van der Waals surface area (Å²) in [6, 6.07) is 11.7. The van der Waals surface area contributed by atoms with Gasteiger partial charge in [-0.05, 0) is 52.9 Å². The summed E-state index contributed by atoms with van der Waals surface area (Å²) in [5.41, 5.74) is 0.928. The second-order valence-corrected chi connectivity index (χ2v) is 5.41. The summed E-state index contributed by atoms with van der Waals surface area (Å²) in [4.78, 5) is 22.7. The molecule has 2 aromatic rings. The van der Waals surface area contributed by atoms with Gasteiger partial charge < -0.3 is 10.6 Å². The van der Waals surface area contributed by atoms with Crippen LogP contribution in [0.25, 0.3) is 0 Å². The fourth-order valence-electron chi connectivity index (χ4n) is 1.88. The number of carbonyl (C=O) groups excluding carboxylic acids is 1. The van der Waals surface area contributed by atoms with Crippen LogP contribution in [0.15, 0.2) is 42.5 Å². The normalized spacial score (nSPS) is 10.0. The van der Waals surface area contributed by atoms with Crippen LogP contribution in [-0.4, -0.2) is 17.9 Å². The molecule has 2 N–H and O–H groups in total. The molecule has 0 aliphatic rings. The van der Waals surface area contributed by atoms with E-state index in [1.54, 1.807) is 25.2 Å². The third-order valence-electron chi connectivity index (χ3n) is 2.84. The van der Waals surface area contributed by atoms with E-state index in [2.05, 4.69) is 33.2 Å². The van der Waals surface area contributed by atoms with Crippen LogP contribution in [0.1, 0.15) is 10.4 Å². The van der Waals surface area contributed by atoms with Crippen molar-refractivity contribution in [3.63, 3.8) is 0 Å². The molecule has 7 heteroatoms. The molecule has 0 fully saturated rings. The lowest BCUT2D eigenvalue weighted by Gasteiger charge is -2.10. The van der Waals surface area contributed by atoms with Crippen molar-refractivity contribution in [1.82, 2.24) is 0 Å². The van der Waals surface area contributed by atoms with Gasteiger partial charge in [0, 0.05) is 22.4 Å². The molecule has 2 rings (SSSR count). The average Bonchev–Trinajstić information content (AvgIpc) is 2.48. The van der Waals surface area contributed by atoms with Crippen molar-refractivity contribution in [2.45, 2.75) is 0 Å². The van der Waals surface area contributed by atoms with Crippen molar-refractivity contribution >= 4 is 45.6 Å². The fourth-order valence-corrected chi connectivity index (χ4v) is 2.24. The Morgan fingerprint density at radius 1 is 1.19 bits per heavy atom. The molecule has 21 heavy (non-hydrogen) atoms. The average molecular weight is 397 g/mol. The number of amides is 1. The highest BCUT2D eigenvalue weighted by Gasteiger charge is 2.20. The first kappa shape index (κ1) is 15.2. The summed E-state index contributed by atoms with van der Waals surface area (Å²) in [7, 11) is 1.55. The van der Waals surface area contributed by atoms with Crippen LogP contribution in [0, 0.1) is 13.7 Å². The molecular formula is C14H12IN3O3. The summed E-state index contributed by atoms with van der Waals surface area (Å²) >= 11 is 2.17. The molecule has 108 valence electrons. The predicted molar refractivity (Wildman–Crippen MR) is 89.8 cm³/mol. The second-order valence-electron chi connectivity index (χ2n) is 4.17. The zero-order valence-corrected chi connectivity index (χ0v) is 13.2. The molecular weight excluding hydrogens is 385 g/mol. The Balaban J connectivity index is 2.33. The zero-order chi connectivity index (χ0) is 15.4. The molecule has 6 nitrogen and oxygen atoms in total. The van der Waals surface area contributed by atoms with Gasteiger partial charge >= 0.3 is 0 Å². The van der Waals surface area contributed by atoms with E-state index in [9.17, 15) is 14.9 Å². The van der Waals surface area contributed by atoms with Crippen LogP contribution in [0.4, 0.5) is 17.1 Å². The quantitative estimate of drug-likeness (QED) is 0.470. The number of hydrogen-bond acceptors (Lipinski definition) is 4. The minimum Gasteiger partial charge on any atom is -0.382 e. The maximum Gasteiger partial charge on any atom is 0.293 e. The van der Waals surface area contributed by atoms with Gasteiger partial charge in [-0.15, -0.1) is 0 Å². The maximum absolute atomic E-state index is 12.3. The fraction of sp³-hybridized carbons (Fsp3) is 0.0714. The summed E-state index contributed by atoms with van der Waals surface area (Å²) in [5.74, 6) is -0.399. The van der Waals surface area contributed by atoms with Gasteiger partial charge in [0.05, 0.1) is 10.5 Å². The Morgan fingerprint density at radius 3 is 2.43 bits per heavy atom. The van der Waals surface area contributed by atoms with E-state index >= 15 is 0 Å². The van der Waals surface area contributed by atoms with Gasteiger partial charge in [-0.3, -0.25) is 14.9 Å². The van der Waals surface area contributed by atoms with E-state index in [1.807, 2.05) is 12.1 Å². The molecule has 0 heterocycles. The predicted octanol–water partition coefficient (Wildman–Crippen LogP) is 3.49. The minimum atomic E-state index is -0.520. The lowest BCUT2D eigenvalue weighted by atomic mass is 10.1. The molecule has 0 aliphatic heterocycles. The Labute approximate surface area is 134 Å². The topological polar surface area (TPSA) is 84.3 Å². The number of nitro benzene ring substituents is 1.